The lowest BCUT2D eigenvalue weighted by Gasteiger charge is -2.26. The third-order valence-electron chi connectivity index (χ3n) is 3.91. The second-order valence-corrected chi connectivity index (χ2v) is 5.74. The third-order valence-corrected chi connectivity index (χ3v) is 3.91. The highest BCUT2D eigenvalue weighted by Crippen LogP contribution is 2.09. The fourth-order valence-corrected chi connectivity index (χ4v) is 2.51. The predicted octanol–water partition coefficient (Wildman–Crippen LogP) is 1.98. The molecule has 0 radical (unpaired) electrons. The van der Waals surface area contributed by atoms with E-state index in [1.54, 1.807) is 0 Å². The molecule has 1 aromatic rings. The van der Waals surface area contributed by atoms with Gasteiger partial charge in [-0.05, 0) is 40.0 Å². The predicted molar refractivity (Wildman–Crippen MR) is 105 cm³/mol. The molecule has 2 N–H and O–H groups in total. The summed E-state index contributed by atoms with van der Waals surface area (Å²) < 4.78 is 5.53. The minimum atomic E-state index is 0. The normalized spacial score (nSPS) is 15.0. The van der Waals surface area contributed by atoms with Crippen molar-refractivity contribution in [1.82, 2.24) is 20.5 Å². The Kier molecular flexibility index (Phi) is 9.09. The molecule has 2 rings (SSSR count). The molecule has 24 heavy (non-hydrogen) atoms. The molecule has 0 unspecified atom stereocenters. The van der Waals surface area contributed by atoms with Gasteiger partial charge in [0.2, 0.25) is 11.8 Å². The monoisotopic (exact) mass is 449 g/mol. The number of carbonyl (C=O) groups is 1. The highest BCUT2D eigenvalue weighted by atomic mass is 127. The van der Waals surface area contributed by atoms with Crippen molar-refractivity contribution in [2.24, 2.45) is 4.99 Å². The van der Waals surface area contributed by atoms with Gasteiger partial charge in [0.05, 0.1) is 12.2 Å². The van der Waals surface area contributed by atoms with Gasteiger partial charge in [-0.2, -0.15) is 0 Å². The lowest BCUT2D eigenvalue weighted by Crippen LogP contribution is -2.40. The Morgan fingerprint density at radius 3 is 2.54 bits per heavy atom. The summed E-state index contributed by atoms with van der Waals surface area (Å²) in [5, 5.41) is 6.28. The maximum Gasteiger partial charge on any atom is 0.244 e. The summed E-state index contributed by atoms with van der Waals surface area (Å²) in [5.74, 6) is 2.13. The van der Waals surface area contributed by atoms with E-state index < -0.39 is 0 Å². The fraction of sp³-hybridized carbons (Fsp3) is 0.688. The van der Waals surface area contributed by atoms with Crippen molar-refractivity contribution in [2.75, 3.05) is 26.2 Å². The Morgan fingerprint density at radius 2 is 1.96 bits per heavy atom. The second-order valence-electron chi connectivity index (χ2n) is 5.74. The van der Waals surface area contributed by atoms with Crippen LogP contribution in [0.3, 0.4) is 0 Å². The molecule has 0 spiro atoms. The first-order valence-electron chi connectivity index (χ1n) is 8.33. The number of nitrogens with zero attached hydrogens (tertiary/aromatic N) is 3. The molecular formula is C16H28IN5O2. The fourth-order valence-electron chi connectivity index (χ4n) is 2.51. The number of guanidine groups is 1. The van der Waals surface area contributed by atoms with Crippen LogP contribution < -0.4 is 10.6 Å². The molecule has 1 saturated heterocycles. The van der Waals surface area contributed by atoms with Crippen molar-refractivity contribution >= 4 is 35.8 Å². The molecular weight excluding hydrogens is 421 g/mol. The summed E-state index contributed by atoms with van der Waals surface area (Å²) >= 11 is 0. The number of aliphatic imine (C=N–C) groups is 1. The van der Waals surface area contributed by atoms with Gasteiger partial charge in [-0.15, -0.1) is 24.0 Å². The molecule has 1 fully saturated rings. The number of likely N-dealkylation sites (tertiary alicyclic amines) is 1. The molecule has 1 aromatic heterocycles. The Labute approximate surface area is 160 Å². The summed E-state index contributed by atoms with van der Waals surface area (Å²) in [6.45, 7) is 8.84. The molecule has 1 aliphatic heterocycles. The number of hydrogen-bond acceptors (Lipinski definition) is 4. The average molecular weight is 449 g/mol. The van der Waals surface area contributed by atoms with Gasteiger partial charge in [-0.1, -0.05) is 0 Å². The molecule has 136 valence electrons. The van der Waals surface area contributed by atoms with E-state index >= 15 is 0 Å². The Morgan fingerprint density at radius 1 is 1.25 bits per heavy atom. The smallest absolute Gasteiger partial charge is 0.244 e. The van der Waals surface area contributed by atoms with Crippen molar-refractivity contribution in [2.45, 2.75) is 46.6 Å². The zero-order chi connectivity index (χ0) is 16.7. The van der Waals surface area contributed by atoms with Crippen molar-refractivity contribution in [3.8, 4) is 0 Å². The van der Waals surface area contributed by atoms with E-state index in [1.165, 1.54) is 6.42 Å². The van der Waals surface area contributed by atoms with Crippen LogP contribution in [0.15, 0.2) is 9.41 Å². The van der Waals surface area contributed by atoms with E-state index in [0.717, 1.165) is 43.9 Å². The van der Waals surface area contributed by atoms with Crippen molar-refractivity contribution < 1.29 is 9.21 Å². The Balaban J connectivity index is 0.00000288. The van der Waals surface area contributed by atoms with Crippen LogP contribution in [0.5, 0.6) is 0 Å². The van der Waals surface area contributed by atoms with Crippen LogP contribution in [0.25, 0.3) is 0 Å². The lowest BCUT2D eigenvalue weighted by molar-refractivity contribution is -0.130. The first kappa shape index (κ1) is 20.7. The molecule has 2 heterocycles. The van der Waals surface area contributed by atoms with Gasteiger partial charge in [0.25, 0.3) is 0 Å². The number of amides is 1. The molecule has 0 saturated carbocycles. The minimum Gasteiger partial charge on any atom is -0.444 e. The van der Waals surface area contributed by atoms with Crippen LogP contribution in [-0.2, 0) is 11.3 Å². The first-order chi connectivity index (χ1) is 11.1. The number of nitrogens with one attached hydrogen (secondary N) is 2. The Hall–Kier alpha value is -1.32. The van der Waals surface area contributed by atoms with E-state index in [0.29, 0.717) is 18.4 Å². The average Bonchev–Trinajstić information content (AvgIpc) is 2.89. The zero-order valence-corrected chi connectivity index (χ0v) is 17.1. The van der Waals surface area contributed by atoms with E-state index in [2.05, 4.69) is 20.6 Å². The van der Waals surface area contributed by atoms with Gasteiger partial charge >= 0.3 is 0 Å². The molecule has 8 heteroatoms. The summed E-state index contributed by atoms with van der Waals surface area (Å²) in [4.78, 5) is 22.8. The third kappa shape index (κ3) is 6.29. The number of hydrogen-bond donors (Lipinski definition) is 2. The van der Waals surface area contributed by atoms with E-state index in [9.17, 15) is 4.79 Å². The van der Waals surface area contributed by atoms with Crippen LogP contribution in [0.4, 0.5) is 0 Å². The summed E-state index contributed by atoms with van der Waals surface area (Å²) in [6.07, 6.45) is 3.40. The quantitative estimate of drug-likeness (QED) is 0.408. The second kappa shape index (κ2) is 10.5. The highest BCUT2D eigenvalue weighted by Gasteiger charge is 2.16. The van der Waals surface area contributed by atoms with E-state index in [4.69, 9.17) is 4.42 Å². The summed E-state index contributed by atoms with van der Waals surface area (Å²) in [5.41, 5.74) is 0.893. The lowest BCUT2D eigenvalue weighted by atomic mass is 10.1. The number of aryl methyl sites for hydroxylation is 2. The maximum atomic E-state index is 12.2. The molecule has 0 atom stereocenters. The molecule has 7 nitrogen and oxygen atoms in total. The summed E-state index contributed by atoms with van der Waals surface area (Å²) in [6, 6.07) is 0. The van der Waals surface area contributed by atoms with Crippen LogP contribution >= 0.6 is 24.0 Å². The van der Waals surface area contributed by atoms with Crippen molar-refractivity contribution in [3.05, 3.63) is 17.3 Å². The number of oxazole rings is 1. The first-order valence-corrected chi connectivity index (χ1v) is 8.33. The molecule has 0 bridgehead atoms. The topological polar surface area (TPSA) is 82.8 Å². The van der Waals surface area contributed by atoms with Crippen LogP contribution in [0.1, 0.15) is 43.5 Å². The van der Waals surface area contributed by atoms with Crippen LogP contribution in [0, 0.1) is 13.8 Å². The standard InChI is InChI=1S/C16H27N5O2.HI/c1-4-17-16(18-10-14-20-12(2)13(3)23-14)19-11-15(22)21-8-6-5-7-9-21;/h4-11H2,1-3H3,(H2,17,18,19);1H. The van der Waals surface area contributed by atoms with Gasteiger partial charge in [0, 0.05) is 19.6 Å². The zero-order valence-electron chi connectivity index (χ0n) is 14.7. The molecule has 1 aliphatic rings. The number of halogens is 1. The van der Waals surface area contributed by atoms with Gasteiger partial charge in [0.1, 0.15) is 12.3 Å². The van der Waals surface area contributed by atoms with Gasteiger partial charge < -0.3 is 20.0 Å². The van der Waals surface area contributed by atoms with E-state index in [-0.39, 0.29) is 36.4 Å². The van der Waals surface area contributed by atoms with Crippen LogP contribution in [0.2, 0.25) is 0 Å². The van der Waals surface area contributed by atoms with Crippen molar-refractivity contribution in [1.29, 1.82) is 0 Å². The van der Waals surface area contributed by atoms with Crippen LogP contribution in [-0.4, -0.2) is 47.9 Å². The van der Waals surface area contributed by atoms with Gasteiger partial charge in [-0.25, -0.2) is 9.98 Å². The maximum absolute atomic E-state index is 12.2. The number of aromatic nitrogens is 1. The summed E-state index contributed by atoms with van der Waals surface area (Å²) in [7, 11) is 0. The number of rotatable bonds is 5. The molecule has 0 aliphatic carbocycles. The Bertz CT molecular complexity index is 533. The van der Waals surface area contributed by atoms with Gasteiger partial charge in [-0.3, -0.25) is 4.79 Å². The van der Waals surface area contributed by atoms with Gasteiger partial charge in [0.15, 0.2) is 5.96 Å². The molecule has 1 amide bonds. The number of carbonyl (C=O) groups excluding carboxylic acids is 1. The number of piperidine rings is 1. The highest BCUT2D eigenvalue weighted by molar-refractivity contribution is 14.0. The minimum absolute atomic E-state index is 0. The SMILES string of the molecule is CCNC(=NCC(=O)N1CCCCC1)NCc1nc(C)c(C)o1.I. The van der Waals surface area contributed by atoms with E-state index in [1.807, 2.05) is 25.7 Å². The van der Waals surface area contributed by atoms with Crippen molar-refractivity contribution in [3.63, 3.8) is 0 Å². The molecule has 0 aromatic carbocycles. The largest absolute Gasteiger partial charge is 0.444 e.